The van der Waals surface area contributed by atoms with Crippen LogP contribution < -0.4 is 16.6 Å². The van der Waals surface area contributed by atoms with Crippen LogP contribution in [0.3, 0.4) is 0 Å². The van der Waals surface area contributed by atoms with Gasteiger partial charge in [-0.05, 0) is 42.0 Å². The third-order valence-electron chi connectivity index (χ3n) is 8.58. The molecule has 3 aromatic rings. The van der Waals surface area contributed by atoms with Crippen molar-refractivity contribution in [2.45, 2.75) is 76.4 Å². The van der Waals surface area contributed by atoms with E-state index >= 15 is 0 Å². The molecule has 1 aromatic heterocycles. The topological polar surface area (TPSA) is 160 Å². The highest BCUT2D eigenvalue weighted by molar-refractivity contribution is 5.82. The van der Waals surface area contributed by atoms with Gasteiger partial charge in [-0.1, -0.05) is 68.8 Å². The molecule has 2 saturated heterocycles. The molecule has 1 amide bonds. The molecule has 2 aromatic carbocycles. The van der Waals surface area contributed by atoms with Crippen molar-refractivity contribution >= 4 is 12.1 Å². The molecule has 3 heterocycles. The van der Waals surface area contributed by atoms with Gasteiger partial charge in [-0.2, -0.15) is 9.78 Å². The van der Waals surface area contributed by atoms with E-state index in [-0.39, 0.29) is 25.0 Å². The van der Waals surface area contributed by atoms with Gasteiger partial charge in [0.25, 0.3) is 5.56 Å². The summed E-state index contributed by atoms with van der Waals surface area (Å²) in [6.45, 7) is 7.03. The van der Waals surface area contributed by atoms with Crippen LogP contribution in [0.15, 0.2) is 64.3 Å². The predicted molar refractivity (Wildman–Crippen MR) is 159 cm³/mol. The van der Waals surface area contributed by atoms with Crippen LogP contribution in [0.4, 0.5) is 4.79 Å². The molecule has 0 saturated carbocycles. The largest absolute Gasteiger partial charge is 0.461 e. The van der Waals surface area contributed by atoms with E-state index in [1.54, 1.807) is 13.8 Å². The molecule has 6 atom stereocenters. The summed E-state index contributed by atoms with van der Waals surface area (Å²) in [7, 11) is 0. The molecular formula is C32H36N4O9. The van der Waals surface area contributed by atoms with Gasteiger partial charge in [0.05, 0.1) is 0 Å². The molecule has 2 fully saturated rings. The second kappa shape index (κ2) is 12.2. The first-order chi connectivity index (χ1) is 21.6. The van der Waals surface area contributed by atoms with Gasteiger partial charge < -0.3 is 29.0 Å². The van der Waals surface area contributed by atoms with E-state index < -0.39 is 59.7 Å². The van der Waals surface area contributed by atoms with Gasteiger partial charge in [0.1, 0.15) is 43.8 Å². The van der Waals surface area contributed by atoms with Gasteiger partial charge in [0.2, 0.25) is 0 Å². The van der Waals surface area contributed by atoms with E-state index in [1.807, 2.05) is 50.2 Å². The minimum Gasteiger partial charge on any atom is -0.461 e. The summed E-state index contributed by atoms with van der Waals surface area (Å²) in [6, 6.07) is 15.1. The number of benzene rings is 2. The minimum absolute atomic E-state index is 0.105. The highest BCUT2D eigenvalue weighted by Crippen LogP contribution is 2.45. The second-order valence-corrected chi connectivity index (χ2v) is 12.0. The monoisotopic (exact) mass is 620 g/mol. The normalized spacial score (nSPS) is 24.3. The predicted octanol–water partition coefficient (Wildman–Crippen LogP) is 2.85. The van der Waals surface area contributed by atoms with Crippen molar-refractivity contribution in [1.82, 2.24) is 20.1 Å². The number of hydrogen-bond donors (Lipinski definition) is 2. The Morgan fingerprint density at radius 3 is 2.29 bits per heavy atom. The summed E-state index contributed by atoms with van der Waals surface area (Å²) in [5.41, 5.74) is 2.96. The molecule has 45 heavy (non-hydrogen) atoms. The SMILES string of the molecule is CC[C@H](C)[C@@H](NC(=O)OCC1c2ccccc2-c2ccccc21)C(=O)OC[C@H]1O[C@@H](n2ncc(=O)[nH]c2=O)[C@@H]2OC(C)(C)O[C@@H]21. The Hall–Kier alpha value is -4.33. The fraction of sp³-hybridized carbons (Fsp3) is 0.469. The van der Waals surface area contributed by atoms with E-state index in [4.69, 9.17) is 23.7 Å². The number of aromatic nitrogens is 3. The number of nitrogens with one attached hydrogen (secondary N) is 2. The first-order valence-corrected chi connectivity index (χ1v) is 15.0. The zero-order valence-electron chi connectivity index (χ0n) is 25.4. The van der Waals surface area contributed by atoms with Crippen LogP contribution >= 0.6 is 0 Å². The fourth-order valence-electron chi connectivity index (χ4n) is 6.22. The van der Waals surface area contributed by atoms with Crippen LogP contribution in [-0.2, 0) is 28.5 Å². The third-order valence-corrected chi connectivity index (χ3v) is 8.58. The smallest absolute Gasteiger partial charge is 0.407 e. The van der Waals surface area contributed by atoms with E-state index in [0.717, 1.165) is 33.1 Å². The zero-order valence-corrected chi connectivity index (χ0v) is 25.4. The Labute approximate surface area is 258 Å². The molecule has 1 aliphatic carbocycles. The van der Waals surface area contributed by atoms with Gasteiger partial charge >= 0.3 is 17.8 Å². The highest BCUT2D eigenvalue weighted by atomic mass is 16.8. The van der Waals surface area contributed by atoms with Crippen LogP contribution in [-0.4, -0.2) is 70.2 Å². The van der Waals surface area contributed by atoms with Crippen molar-refractivity contribution < 1.29 is 33.3 Å². The summed E-state index contributed by atoms with van der Waals surface area (Å²) in [5, 5.41) is 6.59. The van der Waals surface area contributed by atoms with Crippen molar-refractivity contribution in [3.8, 4) is 11.1 Å². The average molecular weight is 621 g/mol. The summed E-state index contributed by atoms with van der Waals surface area (Å²) in [6.07, 6.45) is -2.50. The van der Waals surface area contributed by atoms with Crippen molar-refractivity contribution in [1.29, 1.82) is 0 Å². The number of carbonyl (C=O) groups excluding carboxylic acids is 2. The van der Waals surface area contributed by atoms with Crippen LogP contribution in [0, 0.1) is 5.92 Å². The molecule has 13 nitrogen and oxygen atoms in total. The zero-order chi connectivity index (χ0) is 31.9. The molecule has 238 valence electrons. The summed E-state index contributed by atoms with van der Waals surface area (Å²) >= 11 is 0. The molecule has 3 aliphatic rings. The lowest BCUT2D eigenvalue weighted by Crippen LogP contribution is -2.47. The van der Waals surface area contributed by atoms with Gasteiger partial charge in [0, 0.05) is 5.92 Å². The lowest BCUT2D eigenvalue weighted by molar-refractivity contribution is -0.204. The fourth-order valence-corrected chi connectivity index (χ4v) is 6.22. The average Bonchev–Trinajstić information content (AvgIpc) is 3.63. The first-order valence-electron chi connectivity index (χ1n) is 15.0. The molecule has 0 bridgehead atoms. The van der Waals surface area contributed by atoms with Gasteiger partial charge in [-0.15, -0.1) is 0 Å². The van der Waals surface area contributed by atoms with E-state index in [9.17, 15) is 19.2 Å². The molecular weight excluding hydrogens is 584 g/mol. The summed E-state index contributed by atoms with van der Waals surface area (Å²) in [5.74, 6) is -2.06. The van der Waals surface area contributed by atoms with Crippen molar-refractivity contribution in [3.63, 3.8) is 0 Å². The maximum absolute atomic E-state index is 13.4. The number of hydrogen-bond acceptors (Lipinski definition) is 10. The quantitative estimate of drug-likeness (QED) is 0.341. The molecule has 0 radical (unpaired) electrons. The standard InChI is InChI=1S/C32H36N4O9/c1-5-17(2)25(35-31(40)42-15-22-20-12-8-6-10-18(20)19-11-7-9-13-21(19)22)29(38)41-16-23-26-27(45-32(3,4)44-26)28(43-23)36-30(39)34-24(37)14-33-36/h6-14,17,22-23,25-28H,5,15-16H2,1-4H3,(H,35,40)(H,34,37,39)/t17-,23+,25+,26+,27+,28+/m0/s1. The number of fused-ring (bicyclic) bond motifs is 4. The number of nitrogens with zero attached hydrogens (tertiary/aromatic N) is 2. The lowest BCUT2D eigenvalue weighted by Gasteiger charge is -2.26. The number of H-pyrrole nitrogens is 1. The summed E-state index contributed by atoms with van der Waals surface area (Å²) < 4.78 is 30.3. The Balaban J connectivity index is 1.10. The molecule has 2 N–H and O–H groups in total. The molecule has 2 aliphatic heterocycles. The van der Waals surface area contributed by atoms with E-state index in [2.05, 4.69) is 27.5 Å². The number of esters is 1. The third kappa shape index (κ3) is 6.02. The maximum Gasteiger partial charge on any atom is 0.407 e. The van der Waals surface area contributed by atoms with Crippen LogP contribution in [0.1, 0.15) is 57.4 Å². The van der Waals surface area contributed by atoms with Crippen molar-refractivity contribution in [2.75, 3.05) is 13.2 Å². The Morgan fingerprint density at radius 1 is 1.00 bits per heavy atom. The molecule has 0 unspecified atom stereocenters. The van der Waals surface area contributed by atoms with Crippen molar-refractivity contribution in [3.05, 3.63) is 86.7 Å². The second-order valence-electron chi connectivity index (χ2n) is 12.0. The number of amides is 1. The Bertz CT molecular complexity index is 1660. The Kier molecular flexibility index (Phi) is 8.33. The van der Waals surface area contributed by atoms with Gasteiger partial charge in [-0.3, -0.25) is 9.78 Å². The number of aromatic amines is 1. The Morgan fingerprint density at radius 2 is 1.64 bits per heavy atom. The first kappa shape index (κ1) is 30.7. The van der Waals surface area contributed by atoms with Gasteiger partial charge in [0.15, 0.2) is 12.0 Å². The molecule has 0 spiro atoms. The van der Waals surface area contributed by atoms with Crippen LogP contribution in [0.2, 0.25) is 0 Å². The molecule has 13 heteroatoms. The number of carbonyl (C=O) groups is 2. The minimum atomic E-state index is -1.03. The number of alkyl carbamates (subject to hydrolysis) is 1. The summed E-state index contributed by atoms with van der Waals surface area (Å²) in [4.78, 5) is 52.5. The van der Waals surface area contributed by atoms with E-state index in [0.29, 0.717) is 6.42 Å². The molecule has 6 rings (SSSR count). The number of ether oxygens (including phenoxy) is 5. The van der Waals surface area contributed by atoms with Crippen LogP contribution in [0.5, 0.6) is 0 Å². The van der Waals surface area contributed by atoms with Gasteiger partial charge in [-0.25, -0.2) is 14.4 Å². The lowest BCUT2D eigenvalue weighted by atomic mass is 9.98. The maximum atomic E-state index is 13.4. The van der Waals surface area contributed by atoms with Crippen LogP contribution in [0.25, 0.3) is 11.1 Å². The van der Waals surface area contributed by atoms with Crippen molar-refractivity contribution in [2.24, 2.45) is 5.92 Å². The number of rotatable bonds is 9. The van der Waals surface area contributed by atoms with E-state index in [1.165, 1.54) is 0 Å². The highest BCUT2D eigenvalue weighted by Gasteiger charge is 2.57.